The molecule has 3 heteroatoms. The number of benzene rings is 4. The Balaban J connectivity index is 1.63. The molecule has 0 saturated heterocycles. The third-order valence-corrected chi connectivity index (χ3v) is 5.59. The molecule has 3 nitrogen and oxygen atoms in total. The Morgan fingerprint density at radius 2 is 1.41 bits per heavy atom. The number of furan rings is 1. The minimum absolute atomic E-state index is 0.0293. The molecule has 0 aliphatic rings. The van der Waals surface area contributed by atoms with Crippen LogP contribution < -0.4 is 0 Å². The molecule has 0 N–H and O–H groups in total. The molecular formula is C26H18N2O. The van der Waals surface area contributed by atoms with Gasteiger partial charge < -0.3 is 8.98 Å². The molecule has 0 amide bonds. The molecule has 1 unspecified atom stereocenters. The van der Waals surface area contributed by atoms with Crippen molar-refractivity contribution < 1.29 is 4.42 Å². The Hall–Kier alpha value is -3.85. The summed E-state index contributed by atoms with van der Waals surface area (Å²) in [6.45, 7) is 0. The molecule has 0 spiro atoms. The maximum Gasteiger partial charge on any atom is 0.135 e. The van der Waals surface area contributed by atoms with Crippen LogP contribution in [-0.2, 0) is 0 Å². The molecule has 4 aromatic carbocycles. The Bertz CT molecular complexity index is 1460. The van der Waals surface area contributed by atoms with Crippen LogP contribution in [0.2, 0.25) is 0 Å². The third-order valence-electron chi connectivity index (χ3n) is 5.59. The summed E-state index contributed by atoms with van der Waals surface area (Å²) < 4.78 is 8.29. The van der Waals surface area contributed by atoms with Crippen molar-refractivity contribution >= 4 is 33.0 Å². The lowest BCUT2D eigenvalue weighted by molar-refractivity contribution is 0.667. The van der Waals surface area contributed by atoms with E-state index in [0.717, 1.165) is 33.0 Å². The van der Waals surface area contributed by atoms with Gasteiger partial charge in [0.1, 0.15) is 11.2 Å². The van der Waals surface area contributed by atoms with E-state index in [0.29, 0.717) is 0 Å². The molecule has 2 heterocycles. The van der Waals surface area contributed by atoms with Crippen molar-refractivity contribution in [2.45, 2.75) is 6.04 Å². The van der Waals surface area contributed by atoms with Gasteiger partial charge >= 0.3 is 0 Å². The van der Waals surface area contributed by atoms with Crippen molar-refractivity contribution in [2.24, 2.45) is 0 Å². The average Bonchev–Trinajstić information content (AvgIpc) is 3.36. The van der Waals surface area contributed by atoms with Gasteiger partial charge in [-0.05, 0) is 41.5 Å². The average molecular weight is 374 g/mol. The summed E-state index contributed by atoms with van der Waals surface area (Å²) in [4.78, 5) is 4.64. The van der Waals surface area contributed by atoms with Crippen LogP contribution in [0.15, 0.2) is 108 Å². The molecule has 6 rings (SSSR count). The van der Waals surface area contributed by atoms with Crippen LogP contribution in [0.1, 0.15) is 17.2 Å². The molecule has 0 bridgehead atoms. The highest BCUT2D eigenvalue weighted by Gasteiger charge is 2.20. The first-order valence-electron chi connectivity index (χ1n) is 9.76. The van der Waals surface area contributed by atoms with Crippen molar-refractivity contribution in [3.63, 3.8) is 0 Å². The van der Waals surface area contributed by atoms with Crippen LogP contribution in [0.5, 0.6) is 0 Å². The zero-order valence-electron chi connectivity index (χ0n) is 15.7. The second kappa shape index (κ2) is 6.35. The number of aromatic nitrogens is 2. The second-order valence-electron chi connectivity index (χ2n) is 7.31. The molecule has 29 heavy (non-hydrogen) atoms. The first-order valence-corrected chi connectivity index (χ1v) is 9.76. The highest BCUT2D eigenvalue weighted by atomic mass is 16.3. The lowest BCUT2D eigenvalue weighted by Gasteiger charge is -2.21. The predicted octanol–water partition coefficient (Wildman–Crippen LogP) is 6.57. The van der Waals surface area contributed by atoms with Crippen molar-refractivity contribution in [3.8, 4) is 0 Å². The summed E-state index contributed by atoms with van der Waals surface area (Å²) in [6.07, 6.45) is 1.94. The normalized spacial score (nSPS) is 12.7. The summed E-state index contributed by atoms with van der Waals surface area (Å²) in [6, 6.07) is 33.6. The van der Waals surface area contributed by atoms with Gasteiger partial charge in [0.05, 0.1) is 23.4 Å². The SMILES string of the molecule is c1ccc(C(c2ccc3oc4ccccc4c3c2)n2cnc3ccccc32)cc1. The fraction of sp³-hybridized carbons (Fsp3) is 0.0385. The highest BCUT2D eigenvalue weighted by molar-refractivity contribution is 6.05. The van der Waals surface area contributed by atoms with Gasteiger partial charge in [0.15, 0.2) is 0 Å². The smallest absolute Gasteiger partial charge is 0.135 e. The van der Waals surface area contributed by atoms with Crippen molar-refractivity contribution in [1.82, 2.24) is 9.55 Å². The maximum absolute atomic E-state index is 6.03. The molecule has 0 fully saturated rings. The molecule has 0 radical (unpaired) electrons. The third kappa shape index (κ3) is 2.55. The molecule has 138 valence electrons. The van der Waals surface area contributed by atoms with Gasteiger partial charge in [0.2, 0.25) is 0 Å². The molecule has 0 saturated carbocycles. The Morgan fingerprint density at radius 3 is 2.34 bits per heavy atom. The van der Waals surface area contributed by atoms with Crippen molar-refractivity contribution in [3.05, 3.63) is 115 Å². The number of hydrogen-bond acceptors (Lipinski definition) is 2. The standard InChI is InChI=1S/C26H18N2O/c1-2-8-18(9-3-1)26(28-17-27-22-11-5-6-12-23(22)28)19-14-15-25-21(16-19)20-10-4-7-13-24(20)29-25/h1-17,26H. The number of nitrogens with zero attached hydrogens (tertiary/aromatic N) is 2. The zero-order chi connectivity index (χ0) is 19.2. The number of fused-ring (bicyclic) bond motifs is 4. The van der Waals surface area contributed by atoms with Gasteiger partial charge in [-0.25, -0.2) is 4.98 Å². The molecule has 0 aliphatic carbocycles. The maximum atomic E-state index is 6.03. The first-order chi connectivity index (χ1) is 14.4. The van der Waals surface area contributed by atoms with E-state index in [1.54, 1.807) is 0 Å². The Labute approximate surface area is 167 Å². The zero-order valence-corrected chi connectivity index (χ0v) is 15.7. The van der Waals surface area contributed by atoms with E-state index in [9.17, 15) is 0 Å². The van der Waals surface area contributed by atoms with E-state index < -0.39 is 0 Å². The van der Waals surface area contributed by atoms with E-state index in [2.05, 4.69) is 88.4 Å². The van der Waals surface area contributed by atoms with Gasteiger partial charge in [0.25, 0.3) is 0 Å². The topological polar surface area (TPSA) is 31.0 Å². The number of rotatable bonds is 3. The van der Waals surface area contributed by atoms with E-state index >= 15 is 0 Å². The molecule has 1 atom stereocenters. The summed E-state index contributed by atoms with van der Waals surface area (Å²) in [7, 11) is 0. The summed E-state index contributed by atoms with van der Waals surface area (Å²) in [5, 5.41) is 2.29. The summed E-state index contributed by atoms with van der Waals surface area (Å²) >= 11 is 0. The van der Waals surface area contributed by atoms with Crippen LogP contribution in [0.4, 0.5) is 0 Å². The first kappa shape index (κ1) is 16.1. The molecule has 0 aliphatic heterocycles. The Kier molecular flexibility index (Phi) is 3.53. The Morgan fingerprint density at radius 1 is 0.655 bits per heavy atom. The number of hydrogen-bond donors (Lipinski definition) is 0. The van der Waals surface area contributed by atoms with Gasteiger partial charge in [-0.1, -0.05) is 66.7 Å². The van der Waals surface area contributed by atoms with E-state index in [1.807, 2.05) is 24.5 Å². The number of imidazole rings is 1. The van der Waals surface area contributed by atoms with Gasteiger partial charge in [-0.15, -0.1) is 0 Å². The van der Waals surface area contributed by atoms with Crippen LogP contribution in [0, 0.1) is 0 Å². The fourth-order valence-electron chi connectivity index (χ4n) is 4.25. The van der Waals surface area contributed by atoms with E-state index in [4.69, 9.17) is 4.42 Å². The van der Waals surface area contributed by atoms with Gasteiger partial charge in [-0.3, -0.25) is 0 Å². The highest BCUT2D eigenvalue weighted by Crippen LogP contribution is 2.35. The van der Waals surface area contributed by atoms with Crippen LogP contribution in [0.3, 0.4) is 0 Å². The summed E-state index contributed by atoms with van der Waals surface area (Å²) in [5.74, 6) is 0. The fourth-order valence-corrected chi connectivity index (χ4v) is 4.25. The molecule has 2 aromatic heterocycles. The van der Waals surface area contributed by atoms with Gasteiger partial charge in [0, 0.05) is 10.8 Å². The lowest BCUT2D eigenvalue weighted by Crippen LogP contribution is -2.11. The van der Waals surface area contributed by atoms with Crippen molar-refractivity contribution in [1.29, 1.82) is 0 Å². The minimum Gasteiger partial charge on any atom is -0.456 e. The lowest BCUT2D eigenvalue weighted by atomic mass is 9.96. The second-order valence-corrected chi connectivity index (χ2v) is 7.31. The molecule has 6 aromatic rings. The monoisotopic (exact) mass is 374 g/mol. The quantitative estimate of drug-likeness (QED) is 0.351. The van der Waals surface area contributed by atoms with E-state index in [-0.39, 0.29) is 6.04 Å². The minimum atomic E-state index is 0.0293. The molecular weight excluding hydrogens is 356 g/mol. The predicted molar refractivity (Wildman–Crippen MR) is 117 cm³/mol. The largest absolute Gasteiger partial charge is 0.456 e. The van der Waals surface area contributed by atoms with Crippen LogP contribution in [-0.4, -0.2) is 9.55 Å². The van der Waals surface area contributed by atoms with Crippen LogP contribution in [0.25, 0.3) is 33.0 Å². The van der Waals surface area contributed by atoms with Crippen LogP contribution >= 0.6 is 0 Å². The summed E-state index contributed by atoms with van der Waals surface area (Å²) in [5.41, 5.74) is 6.39. The van der Waals surface area contributed by atoms with E-state index in [1.165, 1.54) is 11.1 Å². The van der Waals surface area contributed by atoms with Crippen molar-refractivity contribution in [2.75, 3.05) is 0 Å². The number of para-hydroxylation sites is 3. The van der Waals surface area contributed by atoms with Gasteiger partial charge in [-0.2, -0.15) is 0 Å².